The van der Waals surface area contributed by atoms with Crippen molar-refractivity contribution in [2.24, 2.45) is 0 Å². The second kappa shape index (κ2) is 14.0. The maximum atomic E-state index is 13.7. The zero-order valence-corrected chi connectivity index (χ0v) is 22.9. The average molecular weight is 540 g/mol. The molecule has 1 fully saturated rings. The average Bonchev–Trinajstić information content (AvgIpc) is 3.01. The molecule has 0 bridgehead atoms. The molecule has 0 spiro atoms. The van der Waals surface area contributed by atoms with Crippen LogP contribution in [0.2, 0.25) is 0 Å². The number of aromatic nitrogens is 1. The van der Waals surface area contributed by atoms with Crippen LogP contribution in [0.5, 0.6) is 0 Å². The monoisotopic (exact) mass is 539 g/mol. The lowest BCUT2D eigenvalue weighted by Gasteiger charge is -2.23. The highest BCUT2D eigenvalue weighted by Gasteiger charge is 2.18. The van der Waals surface area contributed by atoms with E-state index in [0.717, 1.165) is 55.8 Å². The third-order valence-electron chi connectivity index (χ3n) is 7.43. The number of para-hydroxylation sites is 1. The van der Waals surface area contributed by atoms with Gasteiger partial charge in [-0.15, -0.1) is 0 Å². The molecule has 1 atom stereocenters. The standard InChI is InChI=1S/C33H37N3O4/c37-31(35-40-32-18-7-9-22-39-32)17-2-1-8-20-36(21-19-26-14-10-13-25-11-3-5-15-29(25)26)33(38)28-23-27-12-4-6-16-30(27)34-24-28/h3-6,10-16,23-24,32H,1-2,7-9,17-22H2,(H,35,37). The van der Waals surface area contributed by atoms with Crippen molar-refractivity contribution in [3.05, 3.63) is 90.1 Å². The highest BCUT2D eigenvalue weighted by Crippen LogP contribution is 2.21. The molecule has 1 aliphatic heterocycles. The number of unbranched alkanes of at least 4 members (excludes halogenated alkanes) is 2. The van der Waals surface area contributed by atoms with Crippen LogP contribution in [0.4, 0.5) is 0 Å². The molecule has 0 aliphatic carbocycles. The molecule has 40 heavy (non-hydrogen) atoms. The summed E-state index contributed by atoms with van der Waals surface area (Å²) in [6.45, 7) is 1.89. The lowest BCUT2D eigenvalue weighted by atomic mass is 10.0. The number of nitrogens with one attached hydrogen (secondary N) is 1. The number of hydroxylamine groups is 1. The van der Waals surface area contributed by atoms with Gasteiger partial charge in [-0.1, -0.05) is 67.1 Å². The molecule has 7 nitrogen and oxygen atoms in total. The Morgan fingerprint density at radius 2 is 1.75 bits per heavy atom. The fourth-order valence-corrected chi connectivity index (χ4v) is 5.20. The largest absolute Gasteiger partial charge is 0.350 e. The van der Waals surface area contributed by atoms with Crippen LogP contribution < -0.4 is 5.48 Å². The molecular formula is C33H37N3O4. The smallest absolute Gasteiger partial charge is 0.255 e. The van der Waals surface area contributed by atoms with Crippen molar-refractivity contribution in [3.63, 3.8) is 0 Å². The topological polar surface area (TPSA) is 80.8 Å². The van der Waals surface area contributed by atoms with E-state index in [2.05, 4.69) is 46.9 Å². The Labute approximate surface area is 235 Å². The maximum Gasteiger partial charge on any atom is 0.255 e. The van der Waals surface area contributed by atoms with E-state index < -0.39 is 0 Å². The number of pyridine rings is 1. The van der Waals surface area contributed by atoms with Crippen molar-refractivity contribution in [3.8, 4) is 0 Å². The Bertz CT molecular complexity index is 1430. The predicted molar refractivity (Wildman–Crippen MR) is 157 cm³/mol. The van der Waals surface area contributed by atoms with E-state index in [-0.39, 0.29) is 18.1 Å². The summed E-state index contributed by atoms with van der Waals surface area (Å²) in [5, 5.41) is 3.37. The summed E-state index contributed by atoms with van der Waals surface area (Å²) in [6, 6.07) is 24.5. The predicted octanol–water partition coefficient (Wildman–Crippen LogP) is 6.21. The van der Waals surface area contributed by atoms with Gasteiger partial charge in [0.25, 0.3) is 5.91 Å². The third kappa shape index (κ3) is 7.43. The maximum absolute atomic E-state index is 13.7. The number of ether oxygens (including phenoxy) is 1. The lowest BCUT2D eigenvalue weighted by molar-refractivity contribution is -0.200. The van der Waals surface area contributed by atoms with Gasteiger partial charge in [0, 0.05) is 44.1 Å². The van der Waals surface area contributed by atoms with Crippen LogP contribution in [0.3, 0.4) is 0 Å². The Balaban J connectivity index is 1.18. The van der Waals surface area contributed by atoms with Gasteiger partial charge < -0.3 is 9.64 Å². The first-order valence-electron chi connectivity index (χ1n) is 14.3. The molecule has 2 heterocycles. The highest BCUT2D eigenvalue weighted by molar-refractivity contribution is 5.97. The van der Waals surface area contributed by atoms with Crippen molar-refractivity contribution in [2.75, 3.05) is 19.7 Å². The second-order valence-corrected chi connectivity index (χ2v) is 10.3. The number of hydrogen-bond acceptors (Lipinski definition) is 5. The van der Waals surface area contributed by atoms with E-state index in [1.165, 1.54) is 16.3 Å². The summed E-state index contributed by atoms with van der Waals surface area (Å²) >= 11 is 0. The van der Waals surface area contributed by atoms with E-state index in [4.69, 9.17) is 9.57 Å². The molecule has 1 saturated heterocycles. The van der Waals surface area contributed by atoms with E-state index in [1.54, 1.807) is 6.20 Å². The van der Waals surface area contributed by atoms with Crippen LogP contribution in [-0.2, 0) is 20.8 Å². The molecule has 7 heteroatoms. The zero-order chi connectivity index (χ0) is 27.6. The molecule has 4 aromatic rings. The van der Waals surface area contributed by atoms with Crippen molar-refractivity contribution in [1.82, 2.24) is 15.4 Å². The molecule has 0 saturated carbocycles. The first kappa shape index (κ1) is 27.7. The minimum absolute atomic E-state index is 0.0166. The number of amides is 2. The number of rotatable bonds is 12. The summed E-state index contributed by atoms with van der Waals surface area (Å²) in [5.74, 6) is -0.155. The Morgan fingerprint density at radius 3 is 2.62 bits per heavy atom. The number of hydrogen-bond donors (Lipinski definition) is 1. The summed E-state index contributed by atoms with van der Waals surface area (Å²) in [4.78, 5) is 37.7. The van der Waals surface area contributed by atoms with Crippen molar-refractivity contribution >= 4 is 33.5 Å². The van der Waals surface area contributed by atoms with Gasteiger partial charge in [0.05, 0.1) is 11.1 Å². The molecule has 208 valence electrons. The minimum atomic E-state index is -0.344. The van der Waals surface area contributed by atoms with Crippen LogP contribution in [0, 0.1) is 0 Å². The van der Waals surface area contributed by atoms with Gasteiger partial charge in [0.15, 0.2) is 6.29 Å². The van der Waals surface area contributed by atoms with E-state index in [0.29, 0.717) is 31.7 Å². The zero-order valence-electron chi connectivity index (χ0n) is 22.9. The summed E-state index contributed by atoms with van der Waals surface area (Å²) in [5.41, 5.74) is 5.22. The summed E-state index contributed by atoms with van der Waals surface area (Å²) < 4.78 is 5.48. The summed E-state index contributed by atoms with van der Waals surface area (Å²) in [6.07, 6.45) is 7.72. The second-order valence-electron chi connectivity index (χ2n) is 10.3. The van der Waals surface area contributed by atoms with Gasteiger partial charge in [-0.2, -0.15) is 0 Å². The third-order valence-corrected chi connectivity index (χ3v) is 7.43. The van der Waals surface area contributed by atoms with Crippen LogP contribution in [-0.4, -0.2) is 47.7 Å². The van der Waals surface area contributed by atoms with E-state index in [9.17, 15) is 9.59 Å². The molecule has 1 unspecified atom stereocenters. The van der Waals surface area contributed by atoms with Gasteiger partial charge >= 0.3 is 0 Å². The minimum Gasteiger partial charge on any atom is -0.350 e. The van der Waals surface area contributed by atoms with Crippen molar-refractivity contribution in [1.29, 1.82) is 0 Å². The first-order chi connectivity index (χ1) is 19.7. The van der Waals surface area contributed by atoms with Gasteiger partial charge in [-0.25, -0.2) is 10.3 Å². The molecule has 1 aliphatic rings. The quantitative estimate of drug-likeness (QED) is 0.171. The normalized spacial score (nSPS) is 15.2. The number of benzene rings is 3. The number of carbonyl (C=O) groups is 2. The molecule has 2 amide bonds. The molecule has 5 rings (SSSR count). The number of carbonyl (C=O) groups excluding carboxylic acids is 2. The molecular weight excluding hydrogens is 502 g/mol. The van der Waals surface area contributed by atoms with Crippen LogP contribution in [0.25, 0.3) is 21.7 Å². The molecule has 1 N–H and O–H groups in total. The van der Waals surface area contributed by atoms with Crippen LogP contribution >= 0.6 is 0 Å². The first-order valence-corrected chi connectivity index (χ1v) is 14.3. The van der Waals surface area contributed by atoms with Crippen LogP contribution in [0.1, 0.15) is 60.9 Å². The lowest BCUT2D eigenvalue weighted by Crippen LogP contribution is -2.34. The van der Waals surface area contributed by atoms with Crippen molar-refractivity contribution < 1.29 is 19.2 Å². The van der Waals surface area contributed by atoms with E-state index in [1.807, 2.05) is 41.3 Å². The van der Waals surface area contributed by atoms with Crippen molar-refractivity contribution in [2.45, 2.75) is 57.7 Å². The fourth-order valence-electron chi connectivity index (χ4n) is 5.20. The molecule has 0 radical (unpaired) electrons. The van der Waals surface area contributed by atoms with E-state index >= 15 is 0 Å². The summed E-state index contributed by atoms with van der Waals surface area (Å²) in [7, 11) is 0. The molecule has 1 aromatic heterocycles. The highest BCUT2D eigenvalue weighted by atomic mass is 16.8. The van der Waals surface area contributed by atoms with Gasteiger partial charge in [0.2, 0.25) is 5.91 Å². The fraction of sp³-hybridized carbons (Fsp3) is 0.364. The van der Waals surface area contributed by atoms with Crippen LogP contribution in [0.15, 0.2) is 79.0 Å². The number of fused-ring (bicyclic) bond motifs is 2. The van der Waals surface area contributed by atoms with Gasteiger partial charge in [-0.05, 0) is 60.6 Å². The van der Waals surface area contributed by atoms with Gasteiger partial charge in [-0.3, -0.25) is 14.6 Å². The Kier molecular flexibility index (Phi) is 9.72. The SMILES string of the molecule is O=C(CCCCCN(CCc1cccc2ccccc12)C(=O)c1cnc2ccccc2c1)NOC1CCCCO1. The number of nitrogens with zero attached hydrogens (tertiary/aromatic N) is 2. The Hall–Kier alpha value is -3.81. The molecule has 3 aromatic carbocycles. The Morgan fingerprint density at radius 1 is 0.925 bits per heavy atom. The van der Waals surface area contributed by atoms with Gasteiger partial charge in [0.1, 0.15) is 0 Å².